The van der Waals surface area contributed by atoms with Crippen molar-refractivity contribution in [2.75, 3.05) is 40.5 Å². The molecule has 1 aliphatic rings. The number of hydrogen-bond acceptors (Lipinski definition) is 6. The Labute approximate surface area is 176 Å². The summed E-state index contributed by atoms with van der Waals surface area (Å²) in [4.78, 5) is 1.80. The van der Waals surface area contributed by atoms with Gasteiger partial charge in [-0.2, -0.15) is 0 Å². The van der Waals surface area contributed by atoms with Gasteiger partial charge in [0.25, 0.3) is 0 Å². The lowest BCUT2D eigenvalue weighted by Crippen LogP contribution is -2.52. The van der Waals surface area contributed by atoms with Crippen molar-refractivity contribution < 1.29 is 18.9 Å². The lowest BCUT2D eigenvalue weighted by Gasteiger charge is -2.41. The third-order valence-electron chi connectivity index (χ3n) is 4.70. The van der Waals surface area contributed by atoms with E-state index in [0.29, 0.717) is 11.8 Å². The van der Waals surface area contributed by atoms with Gasteiger partial charge in [0.2, 0.25) is 0 Å². The van der Waals surface area contributed by atoms with E-state index in [2.05, 4.69) is 20.8 Å². The van der Waals surface area contributed by atoms with Crippen LogP contribution in [0.5, 0.6) is 0 Å². The molecule has 0 bridgehead atoms. The van der Waals surface area contributed by atoms with Crippen LogP contribution in [0.3, 0.4) is 0 Å². The quantitative estimate of drug-likeness (QED) is 0.254. The molecule has 0 unspecified atom stereocenters. The fourth-order valence-corrected chi connectivity index (χ4v) is 3.84. The number of amidine groups is 1. The summed E-state index contributed by atoms with van der Waals surface area (Å²) in [6.07, 6.45) is 6.88. The molecule has 0 radical (unpaired) electrons. The van der Waals surface area contributed by atoms with E-state index in [1.54, 1.807) is 4.90 Å². The molecule has 7 heteroatoms. The molecule has 0 amide bonds. The van der Waals surface area contributed by atoms with Gasteiger partial charge >= 0.3 is 0 Å². The Morgan fingerprint density at radius 3 is 2.21 bits per heavy atom. The van der Waals surface area contributed by atoms with Crippen LogP contribution in [0.1, 0.15) is 65.7 Å². The molecule has 28 heavy (non-hydrogen) atoms. The Balaban J connectivity index is 2.80. The normalized spacial score (nSPS) is 25.0. The second kappa shape index (κ2) is 15.5. The minimum atomic E-state index is -0.165. The van der Waals surface area contributed by atoms with Gasteiger partial charge in [0.15, 0.2) is 5.17 Å². The molecule has 1 saturated heterocycles. The highest BCUT2D eigenvalue weighted by atomic mass is 32.2. The zero-order valence-electron chi connectivity index (χ0n) is 18.6. The number of ether oxygens (including phenoxy) is 4. The van der Waals surface area contributed by atoms with Crippen molar-refractivity contribution in [3.8, 4) is 0 Å². The number of thioether (sulfide) groups is 1. The highest BCUT2D eigenvalue weighted by molar-refractivity contribution is 8.14. The molecule has 1 N–H and O–H groups in total. The number of rotatable bonds is 14. The molecule has 0 spiro atoms. The SMILES string of the molecule is CCCCOC[C@H]1O[C@H](SC(=N)N(C)C)C[C@@H](OCCCC)[C@@H]1OCCCC. The van der Waals surface area contributed by atoms with E-state index in [1.165, 1.54) is 11.8 Å². The molecule has 166 valence electrons. The molecule has 0 saturated carbocycles. The summed E-state index contributed by atoms with van der Waals surface area (Å²) in [5.41, 5.74) is -0.118. The largest absolute Gasteiger partial charge is 0.379 e. The first-order valence-electron chi connectivity index (χ1n) is 10.9. The highest BCUT2D eigenvalue weighted by Gasteiger charge is 2.41. The van der Waals surface area contributed by atoms with Crippen LogP contribution in [0.15, 0.2) is 0 Å². The summed E-state index contributed by atoms with van der Waals surface area (Å²) in [6.45, 7) is 9.20. The fourth-order valence-electron chi connectivity index (χ4n) is 2.90. The zero-order chi connectivity index (χ0) is 20.8. The molecule has 4 atom stereocenters. The van der Waals surface area contributed by atoms with Gasteiger partial charge in [0.1, 0.15) is 17.6 Å². The van der Waals surface area contributed by atoms with Crippen LogP contribution in [0, 0.1) is 5.41 Å². The van der Waals surface area contributed by atoms with Gasteiger partial charge < -0.3 is 23.8 Å². The van der Waals surface area contributed by atoms with E-state index < -0.39 is 0 Å². The van der Waals surface area contributed by atoms with Crippen LogP contribution in [0.2, 0.25) is 0 Å². The molecule has 0 aliphatic carbocycles. The molecule has 0 aromatic rings. The topological polar surface area (TPSA) is 64.0 Å². The Morgan fingerprint density at radius 2 is 1.61 bits per heavy atom. The summed E-state index contributed by atoms with van der Waals surface area (Å²) >= 11 is 1.45. The minimum Gasteiger partial charge on any atom is -0.379 e. The maximum atomic E-state index is 8.16. The van der Waals surface area contributed by atoms with Crippen LogP contribution in [0.25, 0.3) is 0 Å². The third-order valence-corrected chi connectivity index (χ3v) is 5.85. The predicted molar refractivity (Wildman–Crippen MR) is 117 cm³/mol. The number of unbranched alkanes of at least 4 members (excludes halogenated alkanes) is 3. The molecular formula is C21H42N2O4S. The van der Waals surface area contributed by atoms with Crippen LogP contribution < -0.4 is 0 Å². The van der Waals surface area contributed by atoms with E-state index in [0.717, 1.165) is 64.8 Å². The Morgan fingerprint density at radius 1 is 1.00 bits per heavy atom. The second-order valence-corrected chi connectivity index (χ2v) is 8.69. The Bertz CT molecular complexity index is 412. The molecule has 1 heterocycles. The predicted octanol–water partition coefficient (Wildman–Crippen LogP) is 4.52. The molecule has 0 aromatic heterocycles. The van der Waals surface area contributed by atoms with Crippen molar-refractivity contribution in [2.24, 2.45) is 0 Å². The Kier molecular flexibility index (Phi) is 14.2. The standard InChI is InChI=1S/C21H42N2O4S/c1-6-9-12-24-16-18-20(26-14-11-8-3)17(25-13-10-7-2)15-19(27-18)28-21(22)23(4)5/h17-20,22H,6-16H2,1-5H3/t17-,18-,19-,20+/m1/s1. The first-order chi connectivity index (χ1) is 13.5. The molecule has 0 aromatic carbocycles. The average Bonchev–Trinajstić information content (AvgIpc) is 2.67. The van der Waals surface area contributed by atoms with Crippen LogP contribution in [-0.4, -0.2) is 74.3 Å². The van der Waals surface area contributed by atoms with Crippen molar-refractivity contribution in [1.82, 2.24) is 4.90 Å². The maximum Gasteiger partial charge on any atom is 0.158 e. The highest BCUT2D eigenvalue weighted by Crippen LogP contribution is 2.32. The van der Waals surface area contributed by atoms with Gasteiger partial charge in [-0.25, -0.2) is 0 Å². The fraction of sp³-hybridized carbons (Fsp3) is 0.952. The monoisotopic (exact) mass is 418 g/mol. The van der Waals surface area contributed by atoms with E-state index in [1.807, 2.05) is 14.1 Å². The van der Waals surface area contributed by atoms with Gasteiger partial charge in [-0.1, -0.05) is 51.8 Å². The van der Waals surface area contributed by atoms with E-state index in [4.69, 9.17) is 24.4 Å². The third kappa shape index (κ3) is 9.92. The van der Waals surface area contributed by atoms with Gasteiger partial charge in [-0.05, 0) is 19.3 Å². The Hall–Kier alpha value is -0.340. The number of hydrogen-bond donors (Lipinski definition) is 1. The lowest BCUT2D eigenvalue weighted by molar-refractivity contribution is -0.197. The van der Waals surface area contributed by atoms with E-state index in [9.17, 15) is 0 Å². The summed E-state index contributed by atoms with van der Waals surface area (Å²) < 4.78 is 24.7. The van der Waals surface area contributed by atoms with Gasteiger partial charge in [0.05, 0.1) is 12.7 Å². The van der Waals surface area contributed by atoms with Crippen molar-refractivity contribution in [3.63, 3.8) is 0 Å². The zero-order valence-corrected chi connectivity index (χ0v) is 19.4. The van der Waals surface area contributed by atoms with Crippen molar-refractivity contribution in [1.29, 1.82) is 5.41 Å². The number of nitrogens with one attached hydrogen (secondary N) is 1. The van der Waals surface area contributed by atoms with Crippen molar-refractivity contribution in [2.45, 2.75) is 89.5 Å². The van der Waals surface area contributed by atoms with Crippen molar-refractivity contribution in [3.05, 3.63) is 0 Å². The molecule has 1 rings (SSSR count). The van der Waals surface area contributed by atoms with Crippen LogP contribution in [-0.2, 0) is 18.9 Å². The van der Waals surface area contributed by atoms with E-state index in [-0.39, 0.29) is 23.7 Å². The lowest BCUT2D eigenvalue weighted by atomic mass is 10.0. The smallest absolute Gasteiger partial charge is 0.158 e. The first-order valence-corrected chi connectivity index (χ1v) is 11.8. The van der Waals surface area contributed by atoms with E-state index >= 15 is 0 Å². The van der Waals surface area contributed by atoms with Gasteiger partial charge in [-0.15, -0.1) is 0 Å². The molecule has 1 fully saturated rings. The average molecular weight is 419 g/mol. The summed E-state index contributed by atoms with van der Waals surface area (Å²) in [5.74, 6) is 0. The molecular weight excluding hydrogens is 376 g/mol. The second-order valence-electron chi connectivity index (χ2n) is 7.54. The molecule has 6 nitrogen and oxygen atoms in total. The minimum absolute atomic E-state index is 0.0237. The molecule has 1 aliphatic heterocycles. The van der Waals surface area contributed by atoms with Gasteiger partial charge in [0, 0.05) is 40.3 Å². The summed E-state index contributed by atoms with van der Waals surface area (Å²) in [5, 5.41) is 8.66. The summed E-state index contributed by atoms with van der Waals surface area (Å²) in [6, 6.07) is 0. The van der Waals surface area contributed by atoms with Gasteiger partial charge in [-0.3, -0.25) is 5.41 Å². The van der Waals surface area contributed by atoms with Crippen molar-refractivity contribution >= 4 is 16.9 Å². The summed E-state index contributed by atoms with van der Waals surface area (Å²) in [7, 11) is 3.77. The number of nitrogens with zero attached hydrogens (tertiary/aromatic N) is 1. The van der Waals surface area contributed by atoms with Crippen LogP contribution >= 0.6 is 11.8 Å². The van der Waals surface area contributed by atoms with Crippen LogP contribution in [0.4, 0.5) is 0 Å². The maximum absolute atomic E-state index is 8.16. The first kappa shape index (κ1) is 25.7.